The maximum atomic E-state index is 13.3. The lowest BCUT2D eigenvalue weighted by molar-refractivity contribution is 0.0756. The number of carbonyl (C=O) groups is 1. The van der Waals surface area contributed by atoms with Crippen molar-refractivity contribution in [1.82, 2.24) is 4.90 Å². The molecule has 4 nitrogen and oxygen atoms in total. The first-order chi connectivity index (χ1) is 14.8. The predicted molar refractivity (Wildman–Crippen MR) is 118 cm³/mol. The first-order valence-corrected chi connectivity index (χ1v) is 10.2. The molecule has 152 valence electrons. The zero-order valence-corrected chi connectivity index (χ0v) is 17.0. The van der Waals surface area contributed by atoms with Crippen LogP contribution in [0.4, 0.5) is 0 Å². The molecule has 0 unspecified atom stereocenters. The smallest absolute Gasteiger partial charge is 0.257 e. The lowest BCUT2D eigenvalue weighted by Crippen LogP contribution is -2.34. The first kappa shape index (κ1) is 21.1. The predicted octanol–water partition coefficient (Wildman–Crippen LogP) is 4.91. The molecule has 30 heavy (non-hydrogen) atoms. The number of benzene rings is 3. The van der Waals surface area contributed by atoms with Gasteiger partial charge in [0.05, 0.1) is 24.7 Å². The van der Waals surface area contributed by atoms with E-state index in [0.29, 0.717) is 37.4 Å². The standard InChI is InChI=1S/C26H26N2O2/c27-18-9-19-28(20-16-22-10-3-1-4-11-22)26(29)24-14-7-8-15-25(24)30-21-17-23-12-5-2-6-13-23/h1-8,10-15H,9,16-17,19-21H2. The molecule has 0 aliphatic carbocycles. The van der Waals surface area contributed by atoms with Crippen LogP contribution in [0, 0.1) is 11.3 Å². The van der Waals surface area contributed by atoms with Crippen molar-refractivity contribution < 1.29 is 9.53 Å². The summed E-state index contributed by atoms with van der Waals surface area (Å²) in [4.78, 5) is 15.0. The number of amides is 1. The van der Waals surface area contributed by atoms with Crippen LogP contribution in [0.2, 0.25) is 0 Å². The second-order valence-electron chi connectivity index (χ2n) is 7.02. The second kappa shape index (κ2) is 11.4. The van der Waals surface area contributed by atoms with E-state index in [1.807, 2.05) is 66.7 Å². The maximum absolute atomic E-state index is 13.3. The summed E-state index contributed by atoms with van der Waals surface area (Å²) in [5.74, 6) is 0.483. The molecule has 3 rings (SSSR count). The van der Waals surface area contributed by atoms with Gasteiger partial charge in [0, 0.05) is 19.5 Å². The van der Waals surface area contributed by atoms with Crippen LogP contribution in [-0.2, 0) is 12.8 Å². The van der Waals surface area contributed by atoms with Gasteiger partial charge in [-0.1, -0.05) is 72.8 Å². The average Bonchev–Trinajstić information content (AvgIpc) is 2.80. The molecule has 0 heterocycles. The summed E-state index contributed by atoms with van der Waals surface area (Å²) in [6.07, 6.45) is 1.82. The van der Waals surface area contributed by atoms with E-state index in [1.165, 1.54) is 11.1 Å². The monoisotopic (exact) mass is 398 g/mol. The van der Waals surface area contributed by atoms with Gasteiger partial charge in [-0.05, 0) is 29.7 Å². The number of hydrogen-bond donors (Lipinski definition) is 0. The van der Waals surface area contributed by atoms with Crippen molar-refractivity contribution in [2.75, 3.05) is 19.7 Å². The lowest BCUT2D eigenvalue weighted by Gasteiger charge is -2.23. The zero-order valence-electron chi connectivity index (χ0n) is 17.0. The van der Waals surface area contributed by atoms with Gasteiger partial charge in [0.1, 0.15) is 5.75 Å². The minimum absolute atomic E-state index is 0.100. The Morgan fingerprint density at radius 1 is 0.800 bits per heavy atom. The number of nitriles is 1. The Hall–Kier alpha value is -3.58. The van der Waals surface area contributed by atoms with Gasteiger partial charge >= 0.3 is 0 Å². The van der Waals surface area contributed by atoms with Gasteiger partial charge in [-0.3, -0.25) is 4.79 Å². The molecular weight excluding hydrogens is 372 g/mol. The Morgan fingerprint density at radius 2 is 1.40 bits per heavy atom. The highest BCUT2D eigenvalue weighted by Crippen LogP contribution is 2.21. The molecule has 3 aromatic rings. The molecule has 1 amide bonds. The van der Waals surface area contributed by atoms with Crippen LogP contribution in [0.1, 0.15) is 27.9 Å². The number of carbonyl (C=O) groups excluding carboxylic acids is 1. The average molecular weight is 399 g/mol. The molecule has 0 aliphatic heterocycles. The Bertz CT molecular complexity index is 965. The molecule has 0 N–H and O–H groups in total. The largest absolute Gasteiger partial charge is 0.492 e. The quantitative estimate of drug-likeness (QED) is 0.488. The summed E-state index contributed by atoms with van der Waals surface area (Å²) < 4.78 is 5.97. The van der Waals surface area contributed by atoms with E-state index < -0.39 is 0 Å². The van der Waals surface area contributed by atoms with Gasteiger partial charge in [-0.15, -0.1) is 0 Å². The highest BCUT2D eigenvalue weighted by atomic mass is 16.5. The van der Waals surface area contributed by atoms with Gasteiger partial charge in [0.2, 0.25) is 0 Å². The lowest BCUT2D eigenvalue weighted by atomic mass is 10.1. The molecule has 3 aromatic carbocycles. The summed E-state index contributed by atoms with van der Waals surface area (Å²) in [5.41, 5.74) is 2.90. The summed E-state index contributed by atoms with van der Waals surface area (Å²) >= 11 is 0. The van der Waals surface area contributed by atoms with Crippen LogP contribution >= 0.6 is 0 Å². The van der Waals surface area contributed by atoms with Gasteiger partial charge in [0.15, 0.2) is 0 Å². The fourth-order valence-corrected chi connectivity index (χ4v) is 3.27. The van der Waals surface area contributed by atoms with E-state index in [1.54, 1.807) is 11.0 Å². The van der Waals surface area contributed by atoms with Crippen LogP contribution in [0.5, 0.6) is 5.75 Å². The Balaban J connectivity index is 1.68. The number of nitrogens with zero attached hydrogens (tertiary/aromatic N) is 2. The van der Waals surface area contributed by atoms with E-state index in [0.717, 1.165) is 12.8 Å². The Morgan fingerprint density at radius 3 is 2.07 bits per heavy atom. The highest BCUT2D eigenvalue weighted by molar-refractivity contribution is 5.97. The topological polar surface area (TPSA) is 53.3 Å². The number of ether oxygens (including phenoxy) is 1. The third kappa shape index (κ3) is 6.22. The van der Waals surface area contributed by atoms with E-state index in [-0.39, 0.29) is 5.91 Å². The highest BCUT2D eigenvalue weighted by Gasteiger charge is 2.19. The molecule has 4 heteroatoms. The van der Waals surface area contributed by atoms with Crippen LogP contribution in [-0.4, -0.2) is 30.5 Å². The molecule has 0 bridgehead atoms. The second-order valence-corrected chi connectivity index (χ2v) is 7.02. The maximum Gasteiger partial charge on any atom is 0.257 e. The normalized spacial score (nSPS) is 10.2. The number of hydrogen-bond acceptors (Lipinski definition) is 3. The van der Waals surface area contributed by atoms with Crippen molar-refractivity contribution >= 4 is 5.91 Å². The first-order valence-electron chi connectivity index (χ1n) is 10.2. The Labute approximate surface area is 178 Å². The van der Waals surface area contributed by atoms with Gasteiger partial charge in [-0.2, -0.15) is 5.26 Å². The van der Waals surface area contributed by atoms with E-state index >= 15 is 0 Å². The zero-order chi connectivity index (χ0) is 21.0. The SMILES string of the molecule is N#CCCN(CCc1ccccc1)C(=O)c1ccccc1OCCc1ccccc1. The van der Waals surface area contributed by atoms with Gasteiger partial charge < -0.3 is 9.64 Å². The molecule has 0 saturated carbocycles. The minimum Gasteiger partial charge on any atom is -0.492 e. The fraction of sp³-hybridized carbons (Fsp3) is 0.231. The van der Waals surface area contributed by atoms with Crippen LogP contribution in [0.15, 0.2) is 84.9 Å². The van der Waals surface area contributed by atoms with Crippen molar-refractivity contribution in [2.45, 2.75) is 19.3 Å². The Kier molecular flexibility index (Phi) is 8.05. The number of para-hydroxylation sites is 1. The summed E-state index contributed by atoms with van der Waals surface area (Å²) in [7, 11) is 0. The molecule has 0 atom stereocenters. The minimum atomic E-state index is -0.100. The van der Waals surface area contributed by atoms with Gasteiger partial charge in [0.25, 0.3) is 5.91 Å². The van der Waals surface area contributed by atoms with E-state index in [4.69, 9.17) is 10.00 Å². The summed E-state index contributed by atoms with van der Waals surface area (Å²) in [6.45, 7) is 1.46. The summed E-state index contributed by atoms with van der Waals surface area (Å²) in [6, 6.07) is 29.7. The molecule has 0 aromatic heterocycles. The van der Waals surface area contributed by atoms with Crippen LogP contribution < -0.4 is 4.74 Å². The molecular formula is C26H26N2O2. The van der Waals surface area contributed by atoms with Crippen molar-refractivity contribution in [3.8, 4) is 11.8 Å². The number of rotatable bonds is 10. The fourth-order valence-electron chi connectivity index (χ4n) is 3.27. The van der Waals surface area contributed by atoms with Crippen LogP contribution in [0.25, 0.3) is 0 Å². The van der Waals surface area contributed by atoms with Crippen molar-refractivity contribution in [1.29, 1.82) is 5.26 Å². The third-order valence-electron chi connectivity index (χ3n) is 4.90. The molecule has 0 fully saturated rings. The molecule has 0 aliphatic rings. The van der Waals surface area contributed by atoms with Crippen molar-refractivity contribution in [3.05, 3.63) is 102 Å². The molecule has 0 radical (unpaired) electrons. The van der Waals surface area contributed by atoms with E-state index in [9.17, 15) is 4.79 Å². The molecule has 0 saturated heterocycles. The summed E-state index contributed by atoms with van der Waals surface area (Å²) in [5, 5.41) is 9.02. The van der Waals surface area contributed by atoms with Crippen LogP contribution in [0.3, 0.4) is 0 Å². The van der Waals surface area contributed by atoms with E-state index in [2.05, 4.69) is 18.2 Å². The van der Waals surface area contributed by atoms with Crippen molar-refractivity contribution in [3.63, 3.8) is 0 Å². The van der Waals surface area contributed by atoms with Crippen molar-refractivity contribution in [2.24, 2.45) is 0 Å². The van der Waals surface area contributed by atoms with Gasteiger partial charge in [-0.25, -0.2) is 0 Å². The third-order valence-corrected chi connectivity index (χ3v) is 4.90. The molecule has 0 spiro atoms.